The number of nitrogens with one attached hydrogen (secondary N) is 2. The lowest BCUT2D eigenvalue weighted by Gasteiger charge is -2.17. The van der Waals surface area contributed by atoms with Gasteiger partial charge in [0.2, 0.25) is 10.0 Å². The molecule has 2 rings (SSSR count). The molecule has 0 spiro atoms. The predicted molar refractivity (Wildman–Crippen MR) is 117 cm³/mol. The van der Waals surface area contributed by atoms with E-state index in [4.69, 9.17) is 9.94 Å². The minimum absolute atomic E-state index is 0.0179. The van der Waals surface area contributed by atoms with Gasteiger partial charge in [-0.15, -0.1) is 5.92 Å². The van der Waals surface area contributed by atoms with Crippen molar-refractivity contribution in [2.24, 2.45) is 0 Å². The van der Waals surface area contributed by atoms with E-state index < -0.39 is 22.0 Å². The van der Waals surface area contributed by atoms with Crippen molar-refractivity contribution in [3.05, 3.63) is 59.7 Å². The van der Waals surface area contributed by atoms with Crippen molar-refractivity contribution in [1.82, 2.24) is 10.2 Å². The van der Waals surface area contributed by atoms with E-state index in [1.165, 1.54) is 41.5 Å². The highest BCUT2D eigenvalue weighted by Gasteiger charge is 2.25. The minimum Gasteiger partial charge on any atom is -0.481 e. The number of hydroxylamine groups is 1. The van der Waals surface area contributed by atoms with Crippen LogP contribution in [-0.2, 0) is 20.6 Å². The molecule has 1 amide bonds. The number of carbonyl (C=O) groups excluding carboxylic acids is 1. The van der Waals surface area contributed by atoms with E-state index in [9.17, 15) is 13.2 Å². The monoisotopic (exact) mass is 448 g/mol. The molecule has 0 saturated carbocycles. The third-order valence-electron chi connectivity index (χ3n) is 4.02. The molecule has 0 saturated heterocycles. The van der Waals surface area contributed by atoms with E-state index in [1.54, 1.807) is 6.92 Å². The zero-order valence-electron chi connectivity index (χ0n) is 16.7. The topological polar surface area (TPSA) is 105 Å². The molecule has 0 fully saturated rings. The Morgan fingerprint density at radius 2 is 1.83 bits per heavy atom. The van der Waals surface area contributed by atoms with Gasteiger partial charge in [0.05, 0.1) is 4.90 Å². The van der Waals surface area contributed by atoms with E-state index in [2.05, 4.69) is 16.6 Å². The van der Waals surface area contributed by atoms with Crippen molar-refractivity contribution in [2.45, 2.75) is 30.5 Å². The predicted octanol–water partition coefficient (Wildman–Crippen LogP) is 2.48. The van der Waals surface area contributed by atoms with Gasteiger partial charge >= 0.3 is 0 Å². The number of ether oxygens (including phenoxy) is 1. The van der Waals surface area contributed by atoms with Gasteiger partial charge in [0.25, 0.3) is 5.91 Å². The van der Waals surface area contributed by atoms with Gasteiger partial charge in [0.15, 0.2) is 0 Å². The van der Waals surface area contributed by atoms with Crippen molar-refractivity contribution in [3.8, 4) is 17.6 Å². The number of hydrogen-bond acceptors (Lipinski definition) is 6. The van der Waals surface area contributed by atoms with Gasteiger partial charge in [-0.1, -0.05) is 35.7 Å². The smallest absolute Gasteiger partial charge is 0.262 e. The molecule has 0 unspecified atom stereocenters. The molecule has 0 radical (unpaired) electrons. The molecule has 2 aromatic rings. The van der Waals surface area contributed by atoms with E-state index in [0.717, 1.165) is 11.1 Å². The zero-order valence-corrected chi connectivity index (χ0v) is 18.3. The summed E-state index contributed by atoms with van der Waals surface area (Å²) in [6.45, 7) is 3.89. The zero-order chi connectivity index (χ0) is 22.0. The van der Waals surface area contributed by atoms with Gasteiger partial charge in [-0.3, -0.25) is 10.0 Å². The van der Waals surface area contributed by atoms with Crippen LogP contribution in [0, 0.1) is 18.8 Å². The molecule has 7 nitrogen and oxygen atoms in total. The SMILES string of the molecule is CC#CCOc1ccc(S(=O)(=O)N[C@H](CSCc2ccc(C)cc2)C(=O)NO)cc1. The molecular formula is C21H24N2O5S2. The van der Waals surface area contributed by atoms with Crippen molar-refractivity contribution in [1.29, 1.82) is 0 Å². The summed E-state index contributed by atoms with van der Waals surface area (Å²) in [4.78, 5) is 12.0. The minimum atomic E-state index is -3.98. The average Bonchev–Trinajstić information content (AvgIpc) is 2.74. The maximum atomic E-state index is 12.7. The Morgan fingerprint density at radius 3 is 2.43 bits per heavy atom. The highest BCUT2D eigenvalue weighted by Crippen LogP contribution is 2.18. The molecule has 3 N–H and O–H groups in total. The quantitative estimate of drug-likeness (QED) is 0.293. The molecule has 1 atom stereocenters. The highest BCUT2D eigenvalue weighted by molar-refractivity contribution is 7.98. The summed E-state index contributed by atoms with van der Waals surface area (Å²) in [5.74, 6) is 5.85. The van der Waals surface area contributed by atoms with Crippen molar-refractivity contribution in [3.63, 3.8) is 0 Å². The van der Waals surface area contributed by atoms with Crippen LogP contribution in [0.4, 0.5) is 0 Å². The summed E-state index contributed by atoms with van der Waals surface area (Å²) < 4.78 is 33.0. The Labute approximate surface area is 181 Å². The van der Waals surface area contributed by atoms with Crippen LogP contribution in [-0.4, -0.2) is 37.9 Å². The number of rotatable bonds is 10. The van der Waals surface area contributed by atoms with Gasteiger partial charge in [-0.05, 0) is 43.7 Å². The lowest BCUT2D eigenvalue weighted by atomic mass is 10.2. The molecule has 0 aliphatic rings. The van der Waals surface area contributed by atoms with Crippen LogP contribution in [0.1, 0.15) is 18.1 Å². The first-order chi connectivity index (χ1) is 14.4. The molecule has 30 heavy (non-hydrogen) atoms. The Kier molecular flexibility index (Phi) is 9.20. The number of amides is 1. The molecule has 0 aliphatic carbocycles. The van der Waals surface area contributed by atoms with Gasteiger partial charge in [-0.25, -0.2) is 13.9 Å². The summed E-state index contributed by atoms with van der Waals surface area (Å²) >= 11 is 1.38. The third kappa shape index (κ3) is 7.39. The van der Waals surface area contributed by atoms with Crippen molar-refractivity contribution in [2.75, 3.05) is 12.4 Å². The first kappa shape index (κ1) is 23.8. The van der Waals surface area contributed by atoms with E-state index in [-0.39, 0.29) is 17.3 Å². The van der Waals surface area contributed by atoms with Crippen LogP contribution >= 0.6 is 11.8 Å². The summed E-state index contributed by atoms with van der Waals surface area (Å²) in [7, 11) is -3.98. The Bertz CT molecular complexity index is 994. The van der Waals surface area contributed by atoms with Crippen molar-refractivity contribution >= 4 is 27.7 Å². The van der Waals surface area contributed by atoms with Gasteiger partial charge < -0.3 is 4.74 Å². The largest absolute Gasteiger partial charge is 0.481 e. The maximum absolute atomic E-state index is 12.7. The van der Waals surface area contributed by atoms with Crippen LogP contribution in [0.15, 0.2) is 53.4 Å². The Morgan fingerprint density at radius 1 is 1.17 bits per heavy atom. The Balaban J connectivity index is 2.01. The lowest BCUT2D eigenvalue weighted by molar-refractivity contribution is -0.130. The first-order valence-electron chi connectivity index (χ1n) is 9.07. The molecule has 0 aliphatic heterocycles. The molecule has 0 heterocycles. The van der Waals surface area contributed by atoms with Gasteiger partial charge in [-0.2, -0.15) is 16.5 Å². The summed E-state index contributed by atoms with van der Waals surface area (Å²) in [6, 6.07) is 12.6. The number of hydrogen-bond donors (Lipinski definition) is 3. The fourth-order valence-corrected chi connectivity index (χ4v) is 4.70. The summed E-state index contributed by atoms with van der Waals surface area (Å²) in [5, 5.41) is 8.99. The van der Waals surface area contributed by atoms with Crippen molar-refractivity contribution < 1.29 is 23.2 Å². The first-order valence-corrected chi connectivity index (χ1v) is 11.7. The van der Waals surface area contributed by atoms with Crippen LogP contribution in [0.5, 0.6) is 5.75 Å². The number of aryl methyl sites for hydroxylation is 1. The second kappa shape index (κ2) is 11.6. The van der Waals surface area contributed by atoms with E-state index in [0.29, 0.717) is 11.5 Å². The normalized spacial score (nSPS) is 11.8. The highest BCUT2D eigenvalue weighted by atomic mass is 32.2. The van der Waals surface area contributed by atoms with Crippen LogP contribution in [0.2, 0.25) is 0 Å². The number of sulfonamides is 1. The third-order valence-corrected chi connectivity index (χ3v) is 6.61. The molecule has 160 valence electrons. The fourth-order valence-electron chi connectivity index (χ4n) is 2.38. The number of carbonyl (C=O) groups is 1. The van der Waals surface area contributed by atoms with Gasteiger partial charge in [0, 0.05) is 11.5 Å². The second-order valence-electron chi connectivity index (χ2n) is 6.34. The maximum Gasteiger partial charge on any atom is 0.262 e. The standard InChI is InChI=1S/C21H24N2O5S2/c1-3-4-13-28-18-9-11-19(12-10-18)30(26,27)23-20(21(24)22-25)15-29-14-17-7-5-16(2)6-8-17/h5-12,20,23,25H,13-15H2,1-2H3,(H,22,24)/t20-/m1/s1. The molecule has 2 aromatic carbocycles. The number of benzene rings is 2. The van der Waals surface area contributed by atoms with E-state index in [1.807, 2.05) is 31.2 Å². The van der Waals surface area contributed by atoms with Crippen LogP contribution in [0.3, 0.4) is 0 Å². The second-order valence-corrected chi connectivity index (χ2v) is 9.08. The molecule has 0 aromatic heterocycles. The van der Waals surface area contributed by atoms with Crippen LogP contribution in [0.25, 0.3) is 0 Å². The fraction of sp³-hybridized carbons (Fsp3) is 0.286. The molecular weight excluding hydrogens is 424 g/mol. The van der Waals surface area contributed by atoms with Crippen LogP contribution < -0.4 is 14.9 Å². The molecule has 0 bridgehead atoms. The summed E-state index contributed by atoms with van der Waals surface area (Å²) in [6.07, 6.45) is 0. The van der Waals surface area contributed by atoms with Gasteiger partial charge in [0.1, 0.15) is 18.4 Å². The Hall–Kier alpha value is -2.51. The van der Waals surface area contributed by atoms with E-state index >= 15 is 0 Å². The number of thioether (sulfide) groups is 1. The summed E-state index contributed by atoms with van der Waals surface area (Å²) in [5.41, 5.74) is 3.72. The molecule has 9 heteroatoms. The lowest BCUT2D eigenvalue weighted by Crippen LogP contribution is -2.47. The average molecular weight is 449 g/mol.